The molecule has 0 unspecified atom stereocenters. The lowest BCUT2D eigenvalue weighted by molar-refractivity contribution is 0.584. The Morgan fingerprint density at radius 2 is 1.73 bits per heavy atom. The molecule has 0 bridgehead atoms. The molecule has 0 radical (unpaired) electrons. The third-order valence-electron chi connectivity index (χ3n) is 2.85. The van der Waals surface area contributed by atoms with Gasteiger partial charge in [-0.2, -0.15) is 0 Å². The number of hydrogen-bond donors (Lipinski definition) is 2. The minimum Gasteiger partial charge on any atom is -0.325 e. The minimum atomic E-state index is -0.726. The van der Waals surface area contributed by atoms with Crippen molar-refractivity contribution >= 4 is 54.4 Å². The van der Waals surface area contributed by atoms with Crippen LogP contribution < -0.4 is 10.9 Å². The molecule has 1 aromatic heterocycles. The lowest BCUT2D eigenvalue weighted by Gasteiger charge is -2.08. The minimum absolute atomic E-state index is 0.0884. The molecule has 3 rings (SSSR count). The van der Waals surface area contributed by atoms with Crippen LogP contribution in [0.3, 0.4) is 0 Å². The van der Waals surface area contributed by atoms with Crippen LogP contribution >= 0.6 is 31.9 Å². The lowest BCUT2D eigenvalue weighted by Crippen LogP contribution is -2.11. The van der Waals surface area contributed by atoms with E-state index in [-0.39, 0.29) is 17.2 Å². The summed E-state index contributed by atoms with van der Waals surface area (Å²) in [5.41, 5.74) is 0.214. The molecule has 22 heavy (non-hydrogen) atoms. The summed E-state index contributed by atoms with van der Waals surface area (Å²) in [6.45, 7) is 0. The van der Waals surface area contributed by atoms with E-state index in [2.05, 4.69) is 47.1 Å². The van der Waals surface area contributed by atoms with Gasteiger partial charge in [-0.05, 0) is 40.2 Å². The first-order chi connectivity index (χ1) is 10.4. The van der Waals surface area contributed by atoms with Gasteiger partial charge in [0.2, 0.25) is 5.95 Å². The molecule has 0 atom stereocenters. The van der Waals surface area contributed by atoms with E-state index >= 15 is 0 Å². The van der Waals surface area contributed by atoms with E-state index in [1.54, 1.807) is 12.1 Å². The summed E-state index contributed by atoms with van der Waals surface area (Å²) in [7, 11) is 0. The van der Waals surface area contributed by atoms with Gasteiger partial charge in [0.05, 0.1) is 10.9 Å². The standard InChI is InChI=1S/C14H7Br2F2N3O/c15-6-1-10-12(11(16)2-6)20-14(21-13(10)22)19-9-4-7(17)3-8(18)5-9/h1-5H,(H2,19,20,21,22). The van der Waals surface area contributed by atoms with E-state index in [1.807, 2.05) is 0 Å². The van der Waals surface area contributed by atoms with Crippen LogP contribution in [-0.4, -0.2) is 9.97 Å². The lowest BCUT2D eigenvalue weighted by atomic mass is 10.2. The first-order valence-corrected chi connectivity index (χ1v) is 7.63. The highest BCUT2D eigenvalue weighted by Crippen LogP contribution is 2.26. The predicted molar refractivity (Wildman–Crippen MR) is 87.4 cm³/mol. The molecule has 0 aliphatic heterocycles. The molecule has 3 aromatic rings. The summed E-state index contributed by atoms with van der Waals surface area (Å²) in [6, 6.07) is 6.35. The van der Waals surface area contributed by atoms with Crippen LogP contribution in [0.4, 0.5) is 20.4 Å². The van der Waals surface area contributed by atoms with Crippen LogP contribution in [0.5, 0.6) is 0 Å². The topological polar surface area (TPSA) is 57.8 Å². The van der Waals surface area contributed by atoms with Crippen LogP contribution in [0, 0.1) is 11.6 Å². The van der Waals surface area contributed by atoms with Gasteiger partial charge in [-0.25, -0.2) is 13.8 Å². The van der Waals surface area contributed by atoms with E-state index in [0.29, 0.717) is 15.4 Å². The molecule has 0 saturated heterocycles. The molecule has 2 aromatic carbocycles. The summed E-state index contributed by atoms with van der Waals surface area (Å²) in [5, 5.41) is 3.07. The average Bonchev–Trinajstić information content (AvgIpc) is 2.39. The Kier molecular flexibility index (Phi) is 3.96. The number of rotatable bonds is 2. The molecule has 2 N–H and O–H groups in total. The van der Waals surface area contributed by atoms with Gasteiger partial charge >= 0.3 is 0 Å². The van der Waals surface area contributed by atoms with Gasteiger partial charge in [-0.3, -0.25) is 9.78 Å². The van der Waals surface area contributed by atoms with Gasteiger partial charge in [-0.15, -0.1) is 0 Å². The van der Waals surface area contributed by atoms with Crippen molar-refractivity contribution in [1.29, 1.82) is 0 Å². The summed E-state index contributed by atoms with van der Waals surface area (Å²) < 4.78 is 27.7. The number of nitrogens with zero attached hydrogens (tertiary/aromatic N) is 1. The summed E-state index contributed by atoms with van der Waals surface area (Å²) in [5.74, 6) is -1.36. The Balaban J connectivity index is 2.10. The van der Waals surface area contributed by atoms with Crippen molar-refractivity contribution in [3.8, 4) is 0 Å². The van der Waals surface area contributed by atoms with E-state index in [4.69, 9.17) is 0 Å². The number of aromatic amines is 1. The van der Waals surface area contributed by atoms with Gasteiger partial charge in [-0.1, -0.05) is 15.9 Å². The maximum atomic E-state index is 13.2. The number of fused-ring (bicyclic) bond motifs is 1. The van der Waals surface area contributed by atoms with E-state index in [9.17, 15) is 13.6 Å². The van der Waals surface area contributed by atoms with Gasteiger partial charge in [0.1, 0.15) is 11.6 Å². The quantitative estimate of drug-likeness (QED) is 0.630. The van der Waals surface area contributed by atoms with Crippen molar-refractivity contribution in [3.63, 3.8) is 0 Å². The van der Waals surface area contributed by atoms with E-state index in [1.165, 1.54) is 0 Å². The van der Waals surface area contributed by atoms with Crippen LogP contribution in [0.1, 0.15) is 0 Å². The Labute approximate surface area is 139 Å². The normalized spacial score (nSPS) is 10.9. The zero-order valence-corrected chi connectivity index (χ0v) is 13.9. The van der Waals surface area contributed by atoms with Crippen LogP contribution in [0.25, 0.3) is 10.9 Å². The SMILES string of the molecule is O=c1[nH]c(Nc2cc(F)cc(F)c2)nc2c(Br)cc(Br)cc12. The second-order valence-electron chi connectivity index (χ2n) is 4.48. The van der Waals surface area contributed by atoms with Crippen LogP contribution in [0.2, 0.25) is 0 Å². The highest BCUT2D eigenvalue weighted by atomic mass is 79.9. The Morgan fingerprint density at radius 3 is 2.41 bits per heavy atom. The number of H-pyrrole nitrogens is 1. The average molecular weight is 431 g/mol. The summed E-state index contributed by atoms with van der Waals surface area (Å²) >= 11 is 6.63. The smallest absolute Gasteiger partial charge is 0.260 e. The van der Waals surface area contributed by atoms with E-state index in [0.717, 1.165) is 22.7 Å². The number of hydrogen-bond acceptors (Lipinski definition) is 3. The number of aromatic nitrogens is 2. The third-order valence-corrected chi connectivity index (χ3v) is 3.92. The van der Waals surface area contributed by atoms with Crippen LogP contribution in [0.15, 0.2) is 44.1 Å². The second kappa shape index (κ2) is 5.77. The van der Waals surface area contributed by atoms with Gasteiger partial charge in [0.25, 0.3) is 5.56 Å². The van der Waals surface area contributed by atoms with Crippen molar-refractivity contribution in [1.82, 2.24) is 9.97 Å². The van der Waals surface area contributed by atoms with Crippen molar-refractivity contribution in [2.45, 2.75) is 0 Å². The van der Waals surface area contributed by atoms with Gasteiger partial charge in [0, 0.05) is 20.7 Å². The summed E-state index contributed by atoms with van der Waals surface area (Å²) in [4.78, 5) is 18.9. The molecule has 112 valence electrons. The number of benzene rings is 2. The zero-order chi connectivity index (χ0) is 15.9. The number of halogens is 4. The monoisotopic (exact) mass is 429 g/mol. The van der Waals surface area contributed by atoms with Gasteiger partial charge < -0.3 is 5.32 Å². The maximum Gasteiger partial charge on any atom is 0.260 e. The largest absolute Gasteiger partial charge is 0.325 e. The van der Waals surface area contributed by atoms with Gasteiger partial charge in [0.15, 0.2) is 0 Å². The maximum absolute atomic E-state index is 13.2. The molecule has 8 heteroatoms. The van der Waals surface area contributed by atoms with Crippen molar-refractivity contribution in [2.75, 3.05) is 5.32 Å². The third kappa shape index (κ3) is 3.02. The fourth-order valence-corrected chi connectivity index (χ4v) is 3.30. The number of anilines is 2. The zero-order valence-electron chi connectivity index (χ0n) is 10.8. The molecule has 0 fully saturated rings. The molecular weight excluding hydrogens is 424 g/mol. The predicted octanol–water partition coefficient (Wildman–Crippen LogP) is 4.47. The molecule has 0 saturated carbocycles. The fraction of sp³-hybridized carbons (Fsp3) is 0. The molecule has 0 spiro atoms. The Bertz CT molecular complexity index is 923. The molecule has 1 heterocycles. The summed E-state index contributed by atoms with van der Waals surface area (Å²) in [6.07, 6.45) is 0. The second-order valence-corrected chi connectivity index (χ2v) is 6.25. The van der Waals surface area contributed by atoms with E-state index < -0.39 is 11.6 Å². The highest BCUT2D eigenvalue weighted by molar-refractivity contribution is 9.11. The first kappa shape index (κ1) is 15.1. The Morgan fingerprint density at radius 1 is 1.05 bits per heavy atom. The Hall–Kier alpha value is -1.80. The molecular formula is C14H7Br2F2N3O. The molecule has 0 aliphatic rings. The number of nitrogens with one attached hydrogen (secondary N) is 2. The highest BCUT2D eigenvalue weighted by Gasteiger charge is 2.09. The molecule has 0 amide bonds. The van der Waals surface area contributed by atoms with Crippen molar-refractivity contribution in [3.05, 3.63) is 61.3 Å². The fourth-order valence-electron chi connectivity index (χ4n) is 1.99. The molecule has 4 nitrogen and oxygen atoms in total. The first-order valence-electron chi connectivity index (χ1n) is 6.04. The van der Waals surface area contributed by atoms with Crippen molar-refractivity contribution in [2.24, 2.45) is 0 Å². The van der Waals surface area contributed by atoms with Crippen LogP contribution in [-0.2, 0) is 0 Å². The van der Waals surface area contributed by atoms with Crippen molar-refractivity contribution < 1.29 is 8.78 Å². The molecule has 0 aliphatic carbocycles.